The number of fused-ring (bicyclic) bond motifs is 2. The molecule has 2 aliphatic heterocycles. The molecule has 2 saturated heterocycles. The molecule has 0 spiro atoms. The highest BCUT2D eigenvalue weighted by molar-refractivity contribution is 6.07. The van der Waals surface area contributed by atoms with Crippen LogP contribution >= 0.6 is 12.4 Å². The Hall–Kier alpha value is -2.37. The summed E-state index contributed by atoms with van der Waals surface area (Å²) in [7, 11) is 0. The third kappa shape index (κ3) is 2.91. The van der Waals surface area contributed by atoms with Crippen LogP contribution in [0.1, 0.15) is 22.0 Å². The number of carbonyl (C=O) groups is 1. The van der Waals surface area contributed by atoms with E-state index in [9.17, 15) is 9.18 Å². The third-order valence-electron chi connectivity index (χ3n) is 5.84. The van der Waals surface area contributed by atoms with Gasteiger partial charge in [-0.15, -0.1) is 12.4 Å². The summed E-state index contributed by atoms with van der Waals surface area (Å²) in [5.41, 5.74) is 2.53. The van der Waals surface area contributed by atoms with Crippen molar-refractivity contribution in [3.05, 3.63) is 71.7 Å². The molecular weight excluding hydrogens is 365 g/mol. The number of halogens is 2. The van der Waals surface area contributed by atoms with E-state index in [1.807, 2.05) is 35.2 Å². The second kappa shape index (κ2) is 6.98. The van der Waals surface area contributed by atoms with Crippen molar-refractivity contribution in [3.8, 4) is 0 Å². The largest absolute Gasteiger partial charge is 0.360 e. The van der Waals surface area contributed by atoms with Gasteiger partial charge < -0.3 is 15.2 Å². The van der Waals surface area contributed by atoms with Crippen molar-refractivity contribution in [2.75, 3.05) is 19.6 Å². The number of aromatic nitrogens is 1. The average Bonchev–Trinajstić information content (AvgIpc) is 3.34. The van der Waals surface area contributed by atoms with Gasteiger partial charge in [-0.1, -0.05) is 30.3 Å². The van der Waals surface area contributed by atoms with E-state index >= 15 is 0 Å². The van der Waals surface area contributed by atoms with Gasteiger partial charge in [0.1, 0.15) is 5.82 Å². The van der Waals surface area contributed by atoms with Crippen LogP contribution in [-0.2, 0) is 0 Å². The van der Waals surface area contributed by atoms with Crippen LogP contribution in [-0.4, -0.2) is 35.4 Å². The normalized spacial score (nSPS) is 24.0. The number of rotatable bonds is 2. The van der Waals surface area contributed by atoms with Gasteiger partial charge >= 0.3 is 0 Å². The topological polar surface area (TPSA) is 48.1 Å². The molecule has 2 aromatic carbocycles. The molecule has 4 nitrogen and oxygen atoms in total. The lowest BCUT2D eigenvalue weighted by Crippen LogP contribution is -2.34. The Balaban J connectivity index is 0.00000180. The van der Waals surface area contributed by atoms with Crippen LogP contribution in [0, 0.1) is 17.7 Å². The molecule has 3 heterocycles. The van der Waals surface area contributed by atoms with E-state index in [0.29, 0.717) is 23.9 Å². The van der Waals surface area contributed by atoms with Gasteiger partial charge in [0.15, 0.2) is 0 Å². The minimum atomic E-state index is -0.253. The monoisotopic (exact) mass is 385 g/mol. The van der Waals surface area contributed by atoms with Crippen molar-refractivity contribution < 1.29 is 9.18 Å². The zero-order valence-electron chi connectivity index (χ0n) is 14.7. The van der Waals surface area contributed by atoms with Gasteiger partial charge in [-0.25, -0.2) is 4.39 Å². The summed E-state index contributed by atoms with van der Waals surface area (Å²) in [6.45, 7) is 2.48. The maximum atomic E-state index is 13.9. The van der Waals surface area contributed by atoms with Crippen LogP contribution in [0.15, 0.2) is 54.7 Å². The molecule has 0 unspecified atom stereocenters. The summed E-state index contributed by atoms with van der Waals surface area (Å²) in [6.07, 6.45) is 1.79. The predicted molar refractivity (Wildman–Crippen MR) is 106 cm³/mol. The van der Waals surface area contributed by atoms with E-state index in [-0.39, 0.29) is 30.2 Å². The number of hydrogen-bond donors (Lipinski definition) is 2. The SMILES string of the molecule is Cl.O=C(c1c[nH]c2ccccc12)N1C[C@@H]2CNC[C@@H]2[C@@H]1c1cccc(F)c1. The van der Waals surface area contributed by atoms with Crippen LogP contribution in [0.5, 0.6) is 0 Å². The van der Waals surface area contributed by atoms with Crippen molar-refractivity contribution in [3.63, 3.8) is 0 Å². The molecule has 0 radical (unpaired) electrons. The summed E-state index contributed by atoms with van der Waals surface area (Å²) in [5.74, 6) is 0.505. The molecule has 0 bridgehead atoms. The number of para-hydroxylation sites is 1. The summed E-state index contributed by atoms with van der Waals surface area (Å²) in [4.78, 5) is 18.5. The van der Waals surface area contributed by atoms with Crippen molar-refractivity contribution in [1.29, 1.82) is 0 Å². The van der Waals surface area contributed by atoms with Crippen molar-refractivity contribution in [2.45, 2.75) is 6.04 Å². The molecule has 3 atom stereocenters. The highest BCUT2D eigenvalue weighted by Gasteiger charge is 2.47. The van der Waals surface area contributed by atoms with Crippen LogP contribution in [0.3, 0.4) is 0 Å². The zero-order chi connectivity index (χ0) is 17.7. The Morgan fingerprint density at radius 3 is 2.81 bits per heavy atom. The van der Waals surface area contributed by atoms with Gasteiger partial charge in [0.2, 0.25) is 0 Å². The second-order valence-corrected chi connectivity index (χ2v) is 7.29. The Kier molecular flexibility index (Phi) is 4.66. The standard InChI is InChI=1S/C21H20FN3O.ClH/c22-15-5-3-4-13(8-15)20-17-10-23-9-14(17)12-25(20)21(26)18-11-24-19-7-2-1-6-16(18)19;/h1-8,11,14,17,20,23-24H,9-10,12H2;1H/t14-,17-,20-;/m0./s1. The lowest BCUT2D eigenvalue weighted by Gasteiger charge is -2.28. The number of carbonyl (C=O) groups excluding carboxylic acids is 1. The number of aromatic amines is 1. The molecule has 3 aromatic rings. The molecule has 6 heteroatoms. The fraction of sp³-hybridized carbons (Fsp3) is 0.286. The molecule has 1 aromatic heterocycles. The first-order valence-corrected chi connectivity index (χ1v) is 9.05. The first kappa shape index (κ1) is 18.0. The number of nitrogens with one attached hydrogen (secondary N) is 2. The van der Waals surface area contributed by atoms with Crippen molar-refractivity contribution in [2.24, 2.45) is 11.8 Å². The Morgan fingerprint density at radius 2 is 1.96 bits per heavy atom. The van der Waals surface area contributed by atoms with Crippen LogP contribution in [0.2, 0.25) is 0 Å². The predicted octanol–water partition coefficient (Wildman–Crippen LogP) is 3.76. The van der Waals surface area contributed by atoms with Crippen LogP contribution in [0.25, 0.3) is 10.9 Å². The first-order chi connectivity index (χ1) is 12.7. The number of benzene rings is 2. The van der Waals surface area contributed by atoms with E-state index in [1.54, 1.807) is 18.3 Å². The molecule has 5 rings (SSSR count). The van der Waals surface area contributed by atoms with Gasteiger partial charge in [0, 0.05) is 42.7 Å². The van der Waals surface area contributed by atoms with Crippen LogP contribution < -0.4 is 5.32 Å². The number of amides is 1. The van der Waals surface area contributed by atoms with Gasteiger partial charge in [-0.05, 0) is 29.7 Å². The maximum Gasteiger partial charge on any atom is 0.256 e. The molecule has 0 saturated carbocycles. The minimum absolute atomic E-state index is 0. The lowest BCUT2D eigenvalue weighted by molar-refractivity contribution is 0.0716. The summed E-state index contributed by atoms with van der Waals surface area (Å²) >= 11 is 0. The third-order valence-corrected chi connectivity index (χ3v) is 5.84. The number of likely N-dealkylation sites (tertiary alicyclic amines) is 1. The van der Waals surface area contributed by atoms with E-state index < -0.39 is 0 Å². The Labute approximate surface area is 163 Å². The van der Waals surface area contributed by atoms with Gasteiger partial charge in [-0.2, -0.15) is 0 Å². The van der Waals surface area contributed by atoms with E-state index in [4.69, 9.17) is 0 Å². The minimum Gasteiger partial charge on any atom is -0.360 e. The van der Waals surface area contributed by atoms with Crippen LogP contribution in [0.4, 0.5) is 4.39 Å². The highest BCUT2D eigenvalue weighted by atomic mass is 35.5. The van der Waals surface area contributed by atoms with Gasteiger partial charge in [0.25, 0.3) is 5.91 Å². The quantitative estimate of drug-likeness (QED) is 0.705. The summed E-state index contributed by atoms with van der Waals surface area (Å²) in [6, 6.07) is 14.4. The Morgan fingerprint density at radius 1 is 1.11 bits per heavy atom. The van der Waals surface area contributed by atoms with E-state index in [0.717, 1.165) is 29.6 Å². The molecule has 27 heavy (non-hydrogen) atoms. The fourth-order valence-corrected chi connectivity index (χ4v) is 4.65. The van der Waals surface area contributed by atoms with Gasteiger partial charge in [0.05, 0.1) is 11.6 Å². The Bertz CT molecular complexity index is 988. The van der Waals surface area contributed by atoms with E-state index in [1.165, 1.54) is 6.07 Å². The smallest absolute Gasteiger partial charge is 0.256 e. The molecular formula is C21H21ClFN3O. The van der Waals surface area contributed by atoms with E-state index in [2.05, 4.69) is 10.3 Å². The number of H-pyrrole nitrogens is 1. The van der Waals surface area contributed by atoms with Crippen molar-refractivity contribution in [1.82, 2.24) is 15.2 Å². The first-order valence-electron chi connectivity index (χ1n) is 9.05. The highest BCUT2D eigenvalue weighted by Crippen LogP contribution is 2.43. The summed E-state index contributed by atoms with van der Waals surface area (Å²) in [5, 5.41) is 4.36. The summed E-state index contributed by atoms with van der Waals surface area (Å²) < 4.78 is 13.9. The zero-order valence-corrected chi connectivity index (χ0v) is 15.5. The molecule has 2 fully saturated rings. The maximum absolute atomic E-state index is 13.9. The molecule has 2 N–H and O–H groups in total. The lowest BCUT2D eigenvalue weighted by atomic mass is 9.89. The molecule has 1 amide bonds. The number of hydrogen-bond acceptors (Lipinski definition) is 2. The van der Waals surface area contributed by atoms with Gasteiger partial charge in [-0.3, -0.25) is 4.79 Å². The molecule has 140 valence electrons. The average molecular weight is 386 g/mol. The number of nitrogens with zero attached hydrogens (tertiary/aromatic N) is 1. The second-order valence-electron chi connectivity index (χ2n) is 7.29. The fourth-order valence-electron chi connectivity index (χ4n) is 4.65. The molecule has 0 aliphatic carbocycles. The van der Waals surface area contributed by atoms with Crippen molar-refractivity contribution >= 4 is 29.2 Å². The molecule has 2 aliphatic rings.